The third-order valence-electron chi connectivity index (χ3n) is 1.88. The van der Waals surface area contributed by atoms with E-state index in [1.807, 2.05) is 27.7 Å². The van der Waals surface area contributed by atoms with E-state index in [2.05, 4.69) is 16.0 Å². The minimum Gasteiger partial charge on any atom is -0.382 e. The Bertz CT molecular complexity index is 265. The molecule has 5 nitrogen and oxygen atoms in total. The summed E-state index contributed by atoms with van der Waals surface area (Å²) in [5.41, 5.74) is -0.217. The van der Waals surface area contributed by atoms with Crippen molar-refractivity contribution in [3.05, 3.63) is 0 Å². The maximum absolute atomic E-state index is 11.5. The Morgan fingerprint density at radius 2 is 1.94 bits per heavy atom. The second-order valence-corrected chi connectivity index (χ2v) is 5.37. The van der Waals surface area contributed by atoms with Crippen LogP contribution >= 0.6 is 12.2 Å². The molecule has 0 aromatic rings. The summed E-state index contributed by atoms with van der Waals surface area (Å²) in [4.78, 5) is 11.5. The third kappa shape index (κ3) is 11.6. The highest BCUT2D eigenvalue weighted by atomic mass is 32.1. The number of ether oxygens (including phenoxy) is 1. The Kier molecular flexibility index (Phi) is 8.66. The summed E-state index contributed by atoms with van der Waals surface area (Å²) >= 11 is 5.05. The van der Waals surface area contributed by atoms with E-state index in [1.54, 1.807) is 0 Å². The number of amides is 1. The van der Waals surface area contributed by atoms with Gasteiger partial charge in [0.15, 0.2) is 5.11 Å². The summed E-state index contributed by atoms with van der Waals surface area (Å²) in [6, 6.07) is 0. The van der Waals surface area contributed by atoms with Crippen LogP contribution in [-0.4, -0.2) is 42.9 Å². The predicted molar refractivity (Wildman–Crippen MR) is 77.6 cm³/mol. The standard InChI is InChI=1S/C12H25N3O2S/c1-5-17-8-6-7-13-11(18)14-9-10(16)15-12(2,3)4/h5-9H2,1-4H3,(H,15,16)(H2,13,14,18). The highest BCUT2D eigenvalue weighted by Gasteiger charge is 2.13. The Labute approximate surface area is 115 Å². The number of thiocarbonyl (C=S) groups is 1. The minimum atomic E-state index is -0.217. The molecule has 0 radical (unpaired) electrons. The average Bonchev–Trinajstić information content (AvgIpc) is 2.24. The van der Waals surface area contributed by atoms with Crippen LogP contribution in [0.25, 0.3) is 0 Å². The van der Waals surface area contributed by atoms with Gasteiger partial charge in [0, 0.05) is 25.3 Å². The second kappa shape index (κ2) is 9.10. The first-order valence-corrected chi connectivity index (χ1v) is 6.66. The molecule has 0 aromatic carbocycles. The van der Waals surface area contributed by atoms with Gasteiger partial charge in [-0.05, 0) is 46.3 Å². The molecule has 0 aromatic heterocycles. The SMILES string of the molecule is CCOCCCNC(=S)NCC(=O)NC(C)(C)C. The zero-order valence-electron chi connectivity index (χ0n) is 11.8. The monoisotopic (exact) mass is 275 g/mol. The minimum absolute atomic E-state index is 0.0685. The summed E-state index contributed by atoms with van der Waals surface area (Å²) in [7, 11) is 0. The van der Waals surface area contributed by atoms with Crippen LogP contribution in [0.1, 0.15) is 34.1 Å². The number of hydrogen-bond acceptors (Lipinski definition) is 3. The van der Waals surface area contributed by atoms with Crippen LogP contribution in [0.15, 0.2) is 0 Å². The molecule has 0 saturated carbocycles. The molecule has 0 atom stereocenters. The molecule has 0 aliphatic rings. The van der Waals surface area contributed by atoms with Gasteiger partial charge < -0.3 is 20.7 Å². The molecule has 0 spiro atoms. The van der Waals surface area contributed by atoms with Gasteiger partial charge in [-0.25, -0.2) is 0 Å². The maximum Gasteiger partial charge on any atom is 0.239 e. The van der Waals surface area contributed by atoms with E-state index >= 15 is 0 Å². The first-order valence-electron chi connectivity index (χ1n) is 6.25. The van der Waals surface area contributed by atoms with Gasteiger partial charge in [-0.15, -0.1) is 0 Å². The van der Waals surface area contributed by atoms with Crippen LogP contribution in [0.4, 0.5) is 0 Å². The summed E-state index contributed by atoms with van der Waals surface area (Å²) in [5, 5.41) is 9.23. The largest absolute Gasteiger partial charge is 0.382 e. The molecule has 18 heavy (non-hydrogen) atoms. The fourth-order valence-corrected chi connectivity index (χ4v) is 1.38. The van der Waals surface area contributed by atoms with Gasteiger partial charge in [0.05, 0.1) is 6.54 Å². The van der Waals surface area contributed by atoms with Crippen molar-refractivity contribution < 1.29 is 9.53 Å². The average molecular weight is 275 g/mol. The third-order valence-corrected chi connectivity index (χ3v) is 2.17. The fourth-order valence-electron chi connectivity index (χ4n) is 1.21. The van der Waals surface area contributed by atoms with Crippen LogP contribution in [0.5, 0.6) is 0 Å². The fraction of sp³-hybridized carbons (Fsp3) is 0.833. The van der Waals surface area contributed by atoms with Crippen LogP contribution in [0.2, 0.25) is 0 Å². The van der Waals surface area contributed by atoms with Crippen molar-refractivity contribution in [3.8, 4) is 0 Å². The highest BCUT2D eigenvalue weighted by molar-refractivity contribution is 7.80. The molecule has 0 heterocycles. The van der Waals surface area contributed by atoms with Crippen molar-refractivity contribution in [2.45, 2.75) is 39.7 Å². The van der Waals surface area contributed by atoms with Crippen LogP contribution in [0.3, 0.4) is 0 Å². The van der Waals surface area contributed by atoms with Gasteiger partial charge in [-0.1, -0.05) is 0 Å². The number of carbonyl (C=O) groups is 1. The van der Waals surface area contributed by atoms with E-state index in [0.29, 0.717) is 5.11 Å². The van der Waals surface area contributed by atoms with Crippen molar-refractivity contribution in [2.75, 3.05) is 26.3 Å². The van der Waals surface area contributed by atoms with Gasteiger partial charge >= 0.3 is 0 Å². The lowest BCUT2D eigenvalue weighted by Gasteiger charge is -2.21. The van der Waals surface area contributed by atoms with Crippen molar-refractivity contribution in [1.82, 2.24) is 16.0 Å². The molecule has 0 fully saturated rings. The van der Waals surface area contributed by atoms with E-state index in [1.165, 1.54) is 0 Å². The lowest BCUT2D eigenvalue weighted by atomic mass is 10.1. The Morgan fingerprint density at radius 3 is 2.50 bits per heavy atom. The van der Waals surface area contributed by atoms with Gasteiger partial charge in [0.1, 0.15) is 0 Å². The van der Waals surface area contributed by atoms with Gasteiger partial charge in [0.2, 0.25) is 5.91 Å². The normalized spacial score (nSPS) is 10.9. The van der Waals surface area contributed by atoms with Crippen molar-refractivity contribution in [1.29, 1.82) is 0 Å². The van der Waals surface area contributed by atoms with Gasteiger partial charge in [-0.3, -0.25) is 4.79 Å². The molecule has 106 valence electrons. The van der Waals surface area contributed by atoms with E-state index in [0.717, 1.165) is 26.2 Å². The second-order valence-electron chi connectivity index (χ2n) is 4.96. The highest BCUT2D eigenvalue weighted by Crippen LogP contribution is 1.96. The lowest BCUT2D eigenvalue weighted by Crippen LogP contribution is -2.47. The predicted octanol–water partition coefficient (Wildman–Crippen LogP) is 0.792. The van der Waals surface area contributed by atoms with E-state index in [9.17, 15) is 4.79 Å². The molecule has 6 heteroatoms. The molecule has 3 N–H and O–H groups in total. The number of rotatable bonds is 7. The van der Waals surface area contributed by atoms with Gasteiger partial charge in [0.25, 0.3) is 0 Å². The smallest absolute Gasteiger partial charge is 0.239 e. The zero-order valence-corrected chi connectivity index (χ0v) is 12.6. The number of hydrogen-bond donors (Lipinski definition) is 3. The van der Waals surface area contributed by atoms with Crippen molar-refractivity contribution >= 4 is 23.2 Å². The summed E-state index contributed by atoms with van der Waals surface area (Å²) in [6.45, 7) is 10.2. The molecule has 0 saturated heterocycles. The van der Waals surface area contributed by atoms with Crippen LogP contribution in [0, 0.1) is 0 Å². The number of carbonyl (C=O) groups excluding carboxylic acids is 1. The molecule has 0 unspecified atom stereocenters. The zero-order chi connectivity index (χ0) is 14.0. The van der Waals surface area contributed by atoms with Gasteiger partial charge in [-0.2, -0.15) is 0 Å². The first-order chi connectivity index (χ1) is 8.35. The Hall–Kier alpha value is -0.880. The topological polar surface area (TPSA) is 62.4 Å². The van der Waals surface area contributed by atoms with Crippen molar-refractivity contribution in [2.24, 2.45) is 0 Å². The lowest BCUT2D eigenvalue weighted by molar-refractivity contribution is -0.121. The Balaban J connectivity index is 3.55. The quantitative estimate of drug-likeness (QED) is 0.474. The summed E-state index contributed by atoms with van der Waals surface area (Å²) in [5.74, 6) is -0.0685. The van der Waals surface area contributed by atoms with E-state index in [-0.39, 0.29) is 18.0 Å². The molecule has 0 aliphatic carbocycles. The molecular formula is C12H25N3O2S. The first kappa shape index (κ1) is 17.1. The maximum atomic E-state index is 11.5. The van der Waals surface area contributed by atoms with E-state index < -0.39 is 0 Å². The molecule has 0 rings (SSSR count). The van der Waals surface area contributed by atoms with Crippen LogP contribution in [-0.2, 0) is 9.53 Å². The molecule has 0 bridgehead atoms. The summed E-state index contributed by atoms with van der Waals surface area (Å²) < 4.78 is 5.20. The van der Waals surface area contributed by atoms with Crippen molar-refractivity contribution in [3.63, 3.8) is 0 Å². The molecular weight excluding hydrogens is 250 g/mol. The number of nitrogens with one attached hydrogen (secondary N) is 3. The Morgan fingerprint density at radius 1 is 1.28 bits per heavy atom. The molecule has 1 amide bonds. The van der Waals surface area contributed by atoms with Crippen LogP contribution < -0.4 is 16.0 Å². The molecule has 0 aliphatic heterocycles. The summed E-state index contributed by atoms with van der Waals surface area (Å²) in [6.07, 6.45) is 0.893. The van der Waals surface area contributed by atoms with E-state index in [4.69, 9.17) is 17.0 Å².